The first-order chi connectivity index (χ1) is 16.3. The summed E-state index contributed by atoms with van der Waals surface area (Å²) >= 11 is 0. The molecular weight excluding hydrogens is 439 g/mol. The molecule has 0 amide bonds. The number of nitrogen functional groups attached to an aromatic ring is 1. The highest BCUT2D eigenvalue weighted by Gasteiger charge is 2.31. The van der Waals surface area contributed by atoms with Crippen LogP contribution in [0.15, 0.2) is 42.9 Å². The number of fused-ring (bicyclic) bond motifs is 1. The third-order valence-corrected chi connectivity index (χ3v) is 6.51. The van der Waals surface area contributed by atoms with E-state index in [1.54, 1.807) is 35.4 Å². The number of carbonyl (C=O) groups is 2. The molecule has 0 aliphatic heterocycles. The van der Waals surface area contributed by atoms with Crippen LogP contribution in [0.5, 0.6) is 0 Å². The molecule has 0 atom stereocenters. The number of hydrogen-bond donors (Lipinski definition) is 2. The molecule has 1 aliphatic carbocycles. The number of carboxylic acid groups (broad SMARTS) is 1. The minimum absolute atomic E-state index is 0.0634. The number of carboxylic acids is 1. The van der Waals surface area contributed by atoms with E-state index < -0.39 is 5.97 Å². The molecule has 0 saturated heterocycles. The second-order valence-electron chi connectivity index (χ2n) is 8.64. The minimum atomic E-state index is -0.788. The van der Waals surface area contributed by atoms with Crippen molar-refractivity contribution >= 4 is 23.2 Å². The SMILES string of the molecule is CC(=O)c1c(C2CCC(C(=O)O)CC2)nc2c(-c3cnn(-c4ccc(F)cc4)c3)cnn2c1N. The van der Waals surface area contributed by atoms with E-state index in [-0.39, 0.29) is 29.3 Å². The quantitative estimate of drug-likeness (QED) is 0.431. The molecule has 10 heteroatoms. The van der Waals surface area contributed by atoms with E-state index in [9.17, 15) is 19.1 Å². The first kappa shape index (κ1) is 21.7. The van der Waals surface area contributed by atoms with Crippen molar-refractivity contribution in [2.45, 2.75) is 38.5 Å². The van der Waals surface area contributed by atoms with Gasteiger partial charge in [-0.05, 0) is 56.9 Å². The highest BCUT2D eigenvalue weighted by atomic mass is 19.1. The van der Waals surface area contributed by atoms with Crippen LogP contribution in [0.4, 0.5) is 10.2 Å². The molecule has 1 saturated carbocycles. The summed E-state index contributed by atoms with van der Waals surface area (Å²) in [7, 11) is 0. The number of aromatic nitrogens is 5. The number of anilines is 1. The maximum Gasteiger partial charge on any atom is 0.306 e. The van der Waals surface area contributed by atoms with Crippen LogP contribution in [-0.2, 0) is 4.79 Å². The maximum atomic E-state index is 13.3. The van der Waals surface area contributed by atoms with Crippen LogP contribution in [0.2, 0.25) is 0 Å². The molecule has 3 aromatic heterocycles. The Kier molecular flexibility index (Phi) is 5.35. The smallest absolute Gasteiger partial charge is 0.306 e. The van der Waals surface area contributed by atoms with Crippen molar-refractivity contribution in [2.24, 2.45) is 5.92 Å². The Morgan fingerprint density at radius 1 is 1.09 bits per heavy atom. The number of nitrogens with zero attached hydrogens (tertiary/aromatic N) is 5. The Bertz CT molecular complexity index is 1400. The van der Waals surface area contributed by atoms with E-state index in [0.717, 1.165) is 5.56 Å². The minimum Gasteiger partial charge on any atom is -0.481 e. The van der Waals surface area contributed by atoms with Gasteiger partial charge in [-0.1, -0.05) is 0 Å². The van der Waals surface area contributed by atoms with Gasteiger partial charge >= 0.3 is 5.97 Å². The molecule has 0 spiro atoms. The number of carbonyl (C=O) groups excluding carboxylic acids is 1. The van der Waals surface area contributed by atoms with Gasteiger partial charge in [-0.15, -0.1) is 0 Å². The molecular formula is C24H23FN6O3. The van der Waals surface area contributed by atoms with Crippen molar-refractivity contribution in [1.82, 2.24) is 24.4 Å². The van der Waals surface area contributed by atoms with Gasteiger partial charge in [0, 0.05) is 23.2 Å². The largest absolute Gasteiger partial charge is 0.481 e. The standard InChI is InChI=1S/C24H23FN6O3/c1-13(32)20-21(14-2-4-15(5-3-14)24(33)34)29-23-19(11-28-31(23)22(20)26)16-10-27-30(12-16)18-8-6-17(25)7-9-18/h6-12,14-15H,2-5,26H2,1H3,(H,33,34). The van der Waals surface area contributed by atoms with Gasteiger partial charge in [-0.3, -0.25) is 9.59 Å². The zero-order valence-electron chi connectivity index (χ0n) is 18.5. The van der Waals surface area contributed by atoms with Crippen molar-refractivity contribution in [1.29, 1.82) is 0 Å². The average molecular weight is 462 g/mol. The van der Waals surface area contributed by atoms with E-state index >= 15 is 0 Å². The van der Waals surface area contributed by atoms with Crippen LogP contribution in [0.3, 0.4) is 0 Å². The number of benzene rings is 1. The van der Waals surface area contributed by atoms with Crippen molar-refractivity contribution in [3.05, 3.63) is 59.9 Å². The summed E-state index contributed by atoms with van der Waals surface area (Å²) in [5.41, 5.74) is 9.95. The fraction of sp³-hybridized carbons (Fsp3) is 0.292. The molecule has 34 heavy (non-hydrogen) atoms. The molecule has 1 aliphatic rings. The highest BCUT2D eigenvalue weighted by Crippen LogP contribution is 2.39. The molecule has 9 nitrogen and oxygen atoms in total. The first-order valence-electron chi connectivity index (χ1n) is 11.0. The van der Waals surface area contributed by atoms with Gasteiger partial charge in [0.1, 0.15) is 11.6 Å². The number of halogens is 1. The molecule has 0 radical (unpaired) electrons. The molecule has 3 heterocycles. The summed E-state index contributed by atoms with van der Waals surface area (Å²) in [6, 6.07) is 5.98. The Morgan fingerprint density at radius 2 is 1.79 bits per heavy atom. The Hall–Kier alpha value is -4.08. The lowest BCUT2D eigenvalue weighted by Crippen LogP contribution is -2.23. The summed E-state index contributed by atoms with van der Waals surface area (Å²) in [6.07, 6.45) is 7.37. The van der Waals surface area contributed by atoms with Crippen molar-refractivity contribution in [3.8, 4) is 16.8 Å². The van der Waals surface area contributed by atoms with E-state index in [2.05, 4.69) is 10.2 Å². The summed E-state index contributed by atoms with van der Waals surface area (Å²) in [6.45, 7) is 1.45. The third-order valence-electron chi connectivity index (χ3n) is 6.51. The number of Topliss-reactive ketones (excluding diaryl/α,β-unsaturated/α-hetero) is 1. The van der Waals surface area contributed by atoms with Crippen molar-refractivity contribution in [2.75, 3.05) is 5.73 Å². The lowest BCUT2D eigenvalue weighted by atomic mass is 9.79. The second kappa shape index (κ2) is 8.36. The second-order valence-corrected chi connectivity index (χ2v) is 8.64. The Morgan fingerprint density at radius 3 is 2.44 bits per heavy atom. The van der Waals surface area contributed by atoms with Gasteiger partial charge in [0.25, 0.3) is 0 Å². The molecule has 1 aromatic carbocycles. The zero-order valence-corrected chi connectivity index (χ0v) is 18.5. The predicted molar refractivity (Wildman–Crippen MR) is 122 cm³/mol. The van der Waals surface area contributed by atoms with Crippen LogP contribution in [-0.4, -0.2) is 41.2 Å². The average Bonchev–Trinajstić information content (AvgIpc) is 3.46. The molecule has 1 fully saturated rings. The summed E-state index contributed by atoms with van der Waals surface area (Å²) < 4.78 is 16.3. The van der Waals surface area contributed by atoms with Crippen LogP contribution in [0.1, 0.15) is 54.6 Å². The molecule has 0 unspecified atom stereocenters. The van der Waals surface area contributed by atoms with Gasteiger partial charge in [-0.2, -0.15) is 14.7 Å². The number of hydrogen-bond acceptors (Lipinski definition) is 6. The predicted octanol–water partition coefficient (Wildman–Crippen LogP) is 3.86. The van der Waals surface area contributed by atoms with Crippen LogP contribution in [0, 0.1) is 11.7 Å². The van der Waals surface area contributed by atoms with Crippen molar-refractivity contribution in [3.63, 3.8) is 0 Å². The lowest BCUT2D eigenvalue weighted by molar-refractivity contribution is -0.142. The Labute approximate surface area is 194 Å². The van der Waals surface area contributed by atoms with E-state index in [0.29, 0.717) is 53.8 Å². The molecule has 174 valence electrons. The first-order valence-corrected chi connectivity index (χ1v) is 11.0. The summed E-state index contributed by atoms with van der Waals surface area (Å²) in [4.78, 5) is 28.7. The molecule has 5 rings (SSSR count). The highest BCUT2D eigenvalue weighted by molar-refractivity contribution is 6.00. The molecule has 3 N–H and O–H groups in total. The maximum absolute atomic E-state index is 13.3. The summed E-state index contributed by atoms with van der Waals surface area (Å²) in [5.74, 6) is -1.55. The van der Waals surface area contributed by atoms with Crippen LogP contribution < -0.4 is 5.73 Å². The topological polar surface area (TPSA) is 128 Å². The van der Waals surface area contributed by atoms with Gasteiger partial charge in [-0.25, -0.2) is 14.1 Å². The van der Waals surface area contributed by atoms with Crippen molar-refractivity contribution < 1.29 is 19.1 Å². The fourth-order valence-corrected chi connectivity index (χ4v) is 4.70. The van der Waals surface area contributed by atoms with Gasteiger partial charge in [0.2, 0.25) is 0 Å². The zero-order chi connectivity index (χ0) is 24.0. The van der Waals surface area contributed by atoms with E-state index in [1.165, 1.54) is 23.6 Å². The monoisotopic (exact) mass is 462 g/mol. The van der Waals surface area contributed by atoms with Gasteiger partial charge in [0.15, 0.2) is 11.4 Å². The number of aliphatic carboxylic acids is 1. The normalized spacial score (nSPS) is 18.3. The van der Waals surface area contributed by atoms with Gasteiger partial charge < -0.3 is 10.8 Å². The van der Waals surface area contributed by atoms with Gasteiger partial charge in [0.05, 0.1) is 35.3 Å². The fourth-order valence-electron chi connectivity index (χ4n) is 4.70. The number of ketones is 1. The number of rotatable bonds is 5. The lowest BCUT2D eigenvalue weighted by Gasteiger charge is -2.27. The van der Waals surface area contributed by atoms with E-state index in [1.807, 2.05) is 0 Å². The third kappa shape index (κ3) is 3.70. The van der Waals surface area contributed by atoms with E-state index in [4.69, 9.17) is 10.7 Å². The molecule has 0 bridgehead atoms. The van der Waals surface area contributed by atoms with Crippen LogP contribution >= 0.6 is 0 Å². The number of nitrogens with two attached hydrogens (primary N) is 1. The molecule has 4 aromatic rings. The van der Waals surface area contributed by atoms with Crippen LogP contribution in [0.25, 0.3) is 22.5 Å². The Balaban J connectivity index is 1.57. The summed E-state index contributed by atoms with van der Waals surface area (Å²) in [5, 5.41) is 18.1.